The molecule has 0 aromatic heterocycles. The second-order valence-corrected chi connectivity index (χ2v) is 9.50. The number of halogens is 2. The lowest BCUT2D eigenvalue weighted by atomic mass is 9.96. The molecule has 4 nitrogen and oxygen atoms in total. The average molecular weight is 562 g/mol. The fraction of sp³-hybridized carbons (Fsp3) is 0.269. The summed E-state index contributed by atoms with van der Waals surface area (Å²) in [4.78, 5) is 11.1. The van der Waals surface area contributed by atoms with Crippen LogP contribution in [0.25, 0.3) is 0 Å². The number of benzene rings is 3. The fourth-order valence-electron chi connectivity index (χ4n) is 3.38. The van der Waals surface area contributed by atoms with Crippen LogP contribution < -0.4 is 9.47 Å². The molecule has 0 fully saturated rings. The number of methoxy groups -OCH3 is 1. The van der Waals surface area contributed by atoms with Gasteiger partial charge in [0.05, 0.1) is 16.1 Å². The first-order valence-electron chi connectivity index (χ1n) is 10.3. The van der Waals surface area contributed by atoms with E-state index < -0.39 is 0 Å². The van der Waals surface area contributed by atoms with E-state index in [-0.39, 0.29) is 18.5 Å². The van der Waals surface area contributed by atoms with Crippen LogP contribution in [0, 0.1) is 0 Å². The van der Waals surface area contributed by atoms with Crippen molar-refractivity contribution < 1.29 is 19.0 Å². The second-order valence-electron chi connectivity index (χ2n) is 7.79. The second kappa shape index (κ2) is 11.0. The zero-order chi connectivity index (χ0) is 23.3. The van der Waals surface area contributed by atoms with Crippen molar-refractivity contribution in [2.24, 2.45) is 0 Å². The summed E-state index contributed by atoms with van der Waals surface area (Å²) in [6.45, 7) is 5.86. The molecule has 0 saturated carbocycles. The van der Waals surface area contributed by atoms with Gasteiger partial charge >= 0.3 is 5.97 Å². The van der Waals surface area contributed by atoms with Crippen LogP contribution in [-0.4, -0.2) is 13.1 Å². The Balaban J connectivity index is 2.02. The number of rotatable bonds is 8. The van der Waals surface area contributed by atoms with Crippen LogP contribution in [-0.2, 0) is 22.6 Å². The molecule has 32 heavy (non-hydrogen) atoms. The summed E-state index contributed by atoms with van der Waals surface area (Å²) in [7, 11) is 1.70. The molecule has 0 amide bonds. The molecule has 0 heterocycles. The molecule has 0 aliphatic heterocycles. The standard InChI is InChI=1S/C26H26Br2O4/c1-16(2)21-14-24(20(13-25(21)30-4)10-18-8-6-5-7-9-18)32-26-22(27)11-19(12-23(26)28)15-31-17(3)29/h5-9,11-14,16H,10,15H2,1-4H3. The van der Waals surface area contributed by atoms with Crippen molar-refractivity contribution in [1.29, 1.82) is 0 Å². The van der Waals surface area contributed by atoms with Gasteiger partial charge in [0.25, 0.3) is 0 Å². The van der Waals surface area contributed by atoms with E-state index in [9.17, 15) is 4.79 Å². The van der Waals surface area contributed by atoms with Crippen LogP contribution >= 0.6 is 31.9 Å². The molecule has 0 saturated heterocycles. The molecule has 0 atom stereocenters. The third-order valence-electron chi connectivity index (χ3n) is 4.98. The van der Waals surface area contributed by atoms with E-state index in [0.717, 1.165) is 37.1 Å². The van der Waals surface area contributed by atoms with Gasteiger partial charge in [0, 0.05) is 24.5 Å². The first-order chi connectivity index (χ1) is 15.3. The summed E-state index contributed by atoms with van der Waals surface area (Å²) in [5, 5.41) is 0. The highest BCUT2D eigenvalue weighted by atomic mass is 79.9. The Morgan fingerprint density at radius 1 is 0.938 bits per heavy atom. The number of ether oxygens (including phenoxy) is 3. The first-order valence-corrected chi connectivity index (χ1v) is 11.9. The zero-order valence-corrected chi connectivity index (χ0v) is 21.7. The maximum Gasteiger partial charge on any atom is 0.302 e. The zero-order valence-electron chi connectivity index (χ0n) is 18.6. The van der Waals surface area contributed by atoms with Crippen molar-refractivity contribution >= 4 is 37.8 Å². The van der Waals surface area contributed by atoms with Gasteiger partial charge in [-0.2, -0.15) is 0 Å². The Morgan fingerprint density at radius 3 is 2.16 bits per heavy atom. The summed E-state index contributed by atoms with van der Waals surface area (Å²) in [6, 6.07) is 18.2. The third-order valence-corrected chi connectivity index (χ3v) is 6.16. The van der Waals surface area contributed by atoms with Crippen LogP contribution in [0.4, 0.5) is 0 Å². The monoisotopic (exact) mass is 560 g/mol. The summed E-state index contributed by atoms with van der Waals surface area (Å²) in [6.07, 6.45) is 0.713. The molecular weight excluding hydrogens is 536 g/mol. The fourth-order valence-corrected chi connectivity index (χ4v) is 4.83. The highest BCUT2D eigenvalue weighted by molar-refractivity contribution is 9.11. The van der Waals surface area contributed by atoms with Crippen molar-refractivity contribution in [3.63, 3.8) is 0 Å². The van der Waals surface area contributed by atoms with Crippen molar-refractivity contribution in [3.05, 3.63) is 85.8 Å². The van der Waals surface area contributed by atoms with Gasteiger partial charge in [-0.05, 0) is 73.2 Å². The number of hydrogen-bond acceptors (Lipinski definition) is 4. The highest BCUT2D eigenvalue weighted by Gasteiger charge is 2.18. The Bertz CT molecular complexity index is 1070. The highest BCUT2D eigenvalue weighted by Crippen LogP contribution is 2.42. The first kappa shape index (κ1) is 24.3. The average Bonchev–Trinajstić information content (AvgIpc) is 2.75. The van der Waals surface area contributed by atoms with Gasteiger partial charge < -0.3 is 14.2 Å². The predicted octanol–water partition coefficient (Wildman–Crippen LogP) is 7.79. The minimum atomic E-state index is -0.317. The molecule has 0 N–H and O–H groups in total. The molecule has 3 aromatic carbocycles. The molecule has 3 rings (SSSR count). The number of esters is 1. The van der Waals surface area contributed by atoms with Crippen LogP contribution in [0.2, 0.25) is 0 Å². The van der Waals surface area contributed by atoms with Crippen LogP contribution in [0.3, 0.4) is 0 Å². The summed E-state index contributed by atoms with van der Waals surface area (Å²) >= 11 is 7.22. The lowest BCUT2D eigenvalue weighted by Gasteiger charge is -2.19. The topological polar surface area (TPSA) is 44.8 Å². The molecule has 0 unspecified atom stereocenters. The van der Waals surface area contributed by atoms with Crippen molar-refractivity contribution in [2.75, 3.05) is 7.11 Å². The smallest absolute Gasteiger partial charge is 0.302 e. The van der Waals surface area contributed by atoms with Gasteiger partial charge in [-0.15, -0.1) is 0 Å². The summed E-state index contributed by atoms with van der Waals surface area (Å²) < 4.78 is 18.8. The minimum Gasteiger partial charge on any atom is -0.496 e. The molecule has 168 valence electrons. The predicted molar refractivity (Wildman–Crippen MR) is 134 cm³/mol. The van der Waals surface area contributed by atoms with Crippen LogP contribution in [0.1, 0.15) is 48.9 Å². The maximum absolute atomic E-state index is 11.1. The van der Waals surface area contributed by atoms with E-state index in [0.29, 0.717) is 12.2 Å². The van der Waals surface area contributed by atoms with Gasteiger partial charge in [-0.1, -0.05) is 44.2 Å². The van der Waals surface area contributed by atoms with Gasteiger partial charge in [-0.3, -0.25) is 4.79 Å². The molecule has 0 bridgehead atoms. The number of carbonyl (C=O) groups excluding carboxylic acids is 1. The van der Waals surface area contributed by atoms with Crippen molar-refractivity contribution in [1.82, 2.24) is 0 Å². The van der Waals surface area contributed by atoms with E-state index in [1.807, 2.05) is 30.3 Å². The van der Waals surface area contributed by atoms with E-state index in [2.05, 4.69) is 70.0 Å². The number of hydrogen-bond donors (Lipinski definition) is 0. The molecule has 0 aliphatic rings. The normalized spacial score (nSPS) is 10.8. The Hall–Kier alpha value is -2.31. The van der Waals surface area contributed by atoms with E-state index in [1.54, 1.807) is 7.11 Å². The molecule has 0 spiro atoms. The van der Waals surface area contributed by atoms with Crippen LogP contribution in [0.5, 0.6) is 17.2 Å². The van der Waals surface area contributed by atoms with E-state index >= 15 is 0 Å². The molecule has 0 aliphatic carbocycles. The van der Waals surface area contributed by atoms with E-state index in [4.69, 9.17) is 14.2 Å². The van der Waals surface area contributed by atoms with Crippen molar-refractivity contribution in [3.8, 4) is 17.2 Å². The third kappa shape index (κ3) is 6.14. The minimum absolute atomic E-state index is 0.200. The van der Waals surface area contributed by atoms with Crippen molar-refractivity contribution in [2.45, 2.75) is 39.7 Å². The molecule has 6 heteroatoms. The maximum atomic E-state index is 11.1. The molecule has 3 aromatic rings. The van der Waals surface area contributed by atoms with Gasteiger partial charge in [0.2, 0.25) is 0 Å². The SMILES string of the molecule is COc1cc(Cc2ccccc2)c(Oc2c(Br)cc(COC(C)=O)cc2Br)cc1C(C)C. The van der Waals surface area contributed by atoms with E-state index in [1.165, 1.54) is 12.5 Å². The Kier molecular flexibility index (Phi) is 8.38. The number of carbonyl (C=O) groups is 1. The quantitative estimate of drug-likeness (QED) is 0.263. The lowest BCUT2D eigenvalue weighted by molar-refractivity contribution is -0.142. The molecule has 0 radical (unpaired) electrons. The summed E-state index contributed by atoms with van der Waals surface area (Å²) in [5.41, 5.74) is 4.15. The van der Waals surface area contributed by atoms with Gasteiger partial charge in [0.1, 0.15) is 18.1 Å². The Labute approximate surface area is 206 Å². The lowest BCUT2D eigenvalue weighted by Crippen LogP contribution is -2.02. The van der Waals surface area contributed by atoms with Gasteiger partial charge in [-0.25, -0.2) is 0 Å². The van der Waals surface area contributed by atoms with Gasteiger partial charge in [0.15, 0.2) is 5.75 Å². The van der Waals surface area contributed by atoms with Crippen LogP contribution in [0.15, 0.2) is 63.5 Å². The Morgan fingerprint density at radius 2 is 1.59 bits per heavy atom. The largest absolute Gasteiger partial charge is 0.496 e. The summed E-state index contributed by atoms with van der Waals surface area (Å²) in [5.74, 6) is 2.24. The molecular formula is C26H26Br2O4.